The van der Waals surface area contributed by atoms with E-state index in [1.165, 1.54) is 0 Å². The molecule has 106 valence electrons. The lowest BCUT2D eigenvalue weighted by molar-refractivity contribution is 0.455. The van der Waals surface area contributed by atoms with Crippen molar-refractivity contribution in [3.05, 3.63) is 41.2 Å². The number of anilines is 1. The summed E-state index contributed by atoms with van der Waals surface area (Å²) in [5, 5.41) is 3.31. The van der Waals surface area contributed by atoms with E-state index in [2.05, 4.69) is 22.2 Å². The van der Waals surface area contributed by atoms with E-state index in [9.17, 15) is 0 Å². The molecule has 0 atom stereocenters. The van der Waals surface area contributed by atoms with Gasteiger partial charge in [-0.05, 0) is 44.9 Å². The van der Waals surface area contributed by atoms with Crippen LogP contribution in [0.15, 0.2) is 24.3 Å². The number of aromatic nitrogens is 2. The number of hydrogen-bond acceptors (Lipinski definition) is 4. The summed E-state index contributed by atoms with van der Waals surface area (Å²) >= 11 is 0. The molecule has 0 radical (unpaired) electrons. The molecule has 4 nitrogen and oxygen atoms in total. The Labute approximate surface area is 120 Å². The van der Waals surface area contributed by atoms with Gasteiger partial charge in [0.25, 0.3) is 0 Å². The minimum absolute atomic E-state index is 0.613. The molecular formula is C16H21N3O. The monoisotopic (exact) mass is 271 g/mol. The quantitative estimate of drug-likeness (QED) is 0.892. The second-order valence-corrected chi connectivity index (χ2v) is 4.89. The van der Waals surface area contributed by atoms with E-state index in [1.54, 1.807) is 0 Å². The summed E-state index contributed by atoms with van der Waals surface area (Å²) in [6.45, 7) is 8.91. The predicted octanol–water partition coefficient (Wildman–Crippen LogP) is 4.02. The first-order valence-corrected chi connectivity index (χ1v) is 6.93. The molecule has 0 amide bonds. The smallest absolute Gasteiger partial charge is 0.227 e. The maximum atomic E-state index is 5.90. The van der Waals surface area contributed by atoms with E-state index in [1.807, 2.05) is 45.0 Å². The van der Waals surface area contributed by atoms with Gasteiger partial charge < -0.3 is 10.1 Å². The van der Waals surface area contributed by atoms with Crippen molar-refractivity contribution in [3.8, 4) is 11.6 Å². The lowest BCUT2D eigenvalue weighted by atomic mass is 10.2. The van der Waals surface area contributed by atoms with Crippen LogP contribution < -0.4 is 10.1 Å². The molecule has 2 rings (SSSR count). The molecule has 0 unspecified atom stereocenters. The van der Waals surface area contributed by atoms with Gasteiger partial charge in [0.15, 0.2) is 0 Å². The largest absolute Gasteiger partial charge is 0.439 e. The third-order valence-electron chi connectivity index (χ3n) is 2.96. The van der Waals surface area contributed by atoms with E-state index in [0.29, 0.717) is 11.7 Å². The zero-order valence-corrected chi connectivity index (χ0v) is 12.5. The Hall–Kier alpha value is -2.10. The van der Waals surface area contributed by atoms with Gasteiger partial charge in [0.1, 0.15) is 17.4 Å². The van der Waals surface area contributed by atoms with Crippen LogP contribution in [-0.2, 0) is 0 Å². The lowest BCUT2D eigenvalue weighted by Gasteiger charge is -2.13. The summed E-state index contributed by atoms with van der Waals surface area (Å²) in [5.41, 5.74) is 2.10. The third kappa shape index (κ3) is 3.47. The molecule has 1 heterocycles. The first-order valence-electron chi connectivity index (χ1n) is 6.93. The normalized spacial score (nSPS) is 10.4. The highest BCUT2D eigenvalue weighted by Gasteiger charge is 2.11. The summed E-state index contributed by atoms with van der Waals surface area (Å²) in [4.78, 5) is 8.82. The van der Waals surface area contributed by atoms with E-state index in [4.69, 9.17) is 4.74 Å². The van der Waals surface area contributed by atoms with Crippen molar-refractivity contribution in [3.63, 3.8) is 0 Å². The standard InChI is InChI=1S/C16H21N3O/c1-5-9-17-15-12(3)16(19-13(4)18-15)20-14-8-6-7-11(2)10-14/h6-8,10H,5,9H2,1-4H3,(H,17,18,19). The molecule has 1 aromatic carbocycles. The Bertz CT molecular complexity index is 596. The fourth-order valence-electron chi connectivity index (χ4n) is 1.91. The highest BCUT2D eigenvalue weighted by Crippen LogP contribution is 2.27. The molecule has 2 aromatic rings. The fourth-order valence-corrected chi connectivity index (χ4v) is 1.91. The molecule has 1 aromatic heterocycles. The van der Waals surface area contributed by atoms with Gasteiger partial charge in [0.2, 0.25) is 5.88 Å². The first-order chi connectivity index (χ1) is 9.60. The summed E-state index contributed by atoms with van der Waals surface area (Å²) in [6.07, 6.45) is 1.05. The van der Waals surface area contributed by atoms with Crippen LogP contribution in [0.4, 0.5) is 5.82 Å². The molecule has 0 bridgehead atoms. The molecule has 20 heavy (non-hydrogen) atoms. The Kier molecular flexibility index (Phi) is 4.56. The number of benzene rings is 1. The summed E-state index contributed by atoms with van der Waals surface area (Å²) < 4.78 is 5.90. The molecule has 0 fully saturated rings. The van der Waals surface area contributed by atoms with Crippen molar-refractivity contribution in [1.82, 2.24) is 9.97 Å². The van der Waals surface area contributed by atoms with E-state index < -0.39 is 0 Å². The van der Waals surface area contributed by atoms with Crippen molar-refractivity contribution in [2.45, 2.75) is 34.1 Å². The van der Waals surface area contributed by atoms with Gasteiger partial charge in [0, 0.05) is 6.54 Å². The van der Waals surface area contributed by atoms with Crippen molar-refractivity contribution in [2.24, 2.45) is 0 Å². The summed E-state index contributed by atoms with van der Waals surface area (Å²) in [5.74, 6) is 2.97. The van der Waals surface area contributed by atoms with Crippen LogP contribution in [0.1, 0.15) is 30.3 Å². The van der Waals surface area contributed by atoms with Crippen molar-refractivity contribution < 1.29 is 4.74 Å². The van der Waals surface area contributed by atoms with E-state index in [0.717, 1.165) is 35.7 Å². The van der Waals surface area contributed by atoms with Crippen LogP contribution in [0, 0.1) is 20.8 Å². The molecule has 0 aliphatic heterocycles. The van der Waals surface area contributed by atoms with Gasteiger partial charge in [0.05, 0.1) is 5.56 Å². The average Bonchev–Trinajstić information content (AvgIpc) is 2.41. The molecule has 4 heteroatoms. The maximum Gasteiger partial charge on any atom is 0.227 e. The second kappa shape index (κ2) is 6.37. The molecule has 0 aliphatic rings. The van der Waals surface area contributed by atoms with Crippen LogP contribution >= 0.6 is 0 Å². The number of nitrogens with one attached hydrogen (secondary N) is 1. The first kappa shape index (κ1) is 14.3. The highest BCUT2D eigenvalue weighted by molar-refractivity contribution is 5.49. The van der Waals surface area contributed by atoms with Crippen molar-refractivity contribution in [1.29, 1.82) is 0 Å². The number of hydrogen-bond donors (Lipinski definition) is 1. The molecular weight excluding hydrogens is 250 g/mol. The maximum absolute atomic E-state index is 5.90. The summed E-state index contributed by atoms with van der Waals surface area (Å²) in [6, 6.07) is 7.95. The van der Waals surface area contributed by atoms with Crippen molar-refractivity contribution in [2.75, 3.05) is 11.9 Å². The molecule has 0 aliphatic carbocycles. The van der Waals surface area contributed by atoms with Gasteiger partial charge in [-0.25, -0.2) is 4.98 Å². The van der Waals surface area contributed by atoms with Gasteiger partial charge in [-0.15, -0.1) is 0 Å². The van der Waals surface area contributed by atoms with Crippen LogP contribution in [-0.4, -0.2) is 16.5 Å². The molecule has 1 N–H and O–H groups in total. The zero-order chi connectivity index (χ0) is 14.5. The Morgan fingerprint density at radius 1 is 1.15 bits per heavy atom. The number of ether oxygens (including phenoxy) is 1. The van der Waals surface area contributed by atoms with Crippen LogP contribution in [0.5, 0.6) is 11.6 Å². The van der Waals surface area contributed by atoms with Crippen LogP contribution in [0.2, 0.25) is 0 Å². The molecule has 0 saturated carbocycles. The predicted molar refractivity (Wildman–Crippen MR) is 81.5 cm³/mol. The number of rotatable bonds is 5. The van der Waals surface area contributed by atoms with E-state index >= 15 is 0 Å². The molecule has 0 saturated heterocycles. The second-order valence-electron chi connectivity index (χ2n) is 4.89. The van der Waals surface area contributed by atoms with Gasteiger partial charge in [-0.1, -0.05) is 19.1 Å². The Morgan fingerprint density at radius 3 is 2.65 bits per heavy atom. The minimum atomic E-state index is 0.613. The van der Waals surface area contributed by atoms with Crippen molar-refractivity contribution >= 4 is 5.82 Å². The zero-order valence-electron chi connectivity index (χ0n) is 12.5. The van der Waals surface area contributed by atoms with E-state index in [-0.39, 0.29) is 0 Å². The number of aryl methyl sites for hydroxylation is 2. The number of nitrogens with zero attached hydrogens (tertiary/aromatic N) is 2. The minimum Gasteiger partial charge on any atom is -0.439 e. The highest BCUT2D eigenvalue weighted by atomic mass is 16.5. The Morgan fingerprint density at radius 2 is 1.95 bits per heavy atom. The van der Waals surface area contributed by atoms with Gasteiger partial charge in [-0.3, -0.25) is 0 Å². The Balaban J connectivity index is 2.29. The molecule has 0 spiro atoms. The topological polar surface area (TPSA) is 47.0 Å². The van der Waals surface area contributed by atoms with Gasteiger partial charge >= 0.3 is 0 Å². The van der Waals surface area contributed by atoms with Gasteiger partial charge in [-0.2, -0.15) is 4.98 Å². The SMILES string of the molecule is CCCNc1nc(C)nc(Oc2cccc(C)c2)c1C. The third-order valence-corrected chi connectivity index (χ3v) is 2.96. The fraction of sp³-hybridized carbons (Fsp3) is 0.375. The van der Waals surface area contributed by atoms with Crippen LogP contribution in [0.25, 0.3) is 0 Å². The van der Waals surface area contributed by atoms with Crippen LogP contribution in [0.3, 0.4) is 0 Å². The summed E-state index contributed by atoms with van der Waals surface area (Å²) in [7, 11) is 0. The lowest BCUT2D eigenvalue weighted by Crippen LogP contribution is -2.07. The average molecular weight is 271 g/mol.